The molecule has 1 aromatic carbocycles. The smallest absolute Gasteiger partial charge is 0.408 e. The maximum Gasteiger partial charge on any atom is 0.408 e. The van der Waals surface area contributed by atoms with Gasteiger partial charge in [0.05, 0.1) is 12.2 Å². The number of nitrogens with one attached hydrogen (secondary N) is 3. The van der Waals surface area contributed by atoms with Gasteiger partial charge in [0, 0.05) is 6.54 Å². The molecule has 1 aliphatic carbocycles. The molecule has 0 radical (unpaired) electrons. The van der Waals surface area contributed by atoms with Gasteiger partial charge in [0.25, 0.3) is 0 Å². The number of hydrogen-bond acceptors (Lipinski definition) is 8. The Balaban J connectivity index is 1.71. The molecule has 4 N–H and O–H groups in total. The van der Waals surface area contributed by atoms with Gasteiger partial charge in [-0.05, 0) is 90.7 Å². The van der Waals surface area contributed by atoms with E-state index in [1.165, 1.54) is 4.90 Å². The Morgan fingerprint density at radius 3 is 2.20 bits per heavy atom. The summed E-state index contributed by atoms with van der Waals surface area (Å²) in [7, 11) is 0. The lowest BCUT2D eigenvalue weighted by Crippen LogP contribution is -2.63. The molecular formula is C37H56N4O9. The van der Waals surface area contributed by atoms with Crippen molar-refractivity contribution in [3.63, 3.8) is 0 Å². The van der Waals surface area contributed by atoms with Crippen LogP contribution in [0, 0.1) is 5.92 Å². The molecule has 13 nitrogen and oxygen atoms in total. The molecule has 13 heteroatoms. The molecule has 0 bridgehead atoms. The number of alkyl carbamates (subject to hydrolysis) is 1. The van der Waals surface area contributed by atoms with Gasteiger partial charge in [0.2, 0.25) is 17.7 Å². The molecule has 1 aliphatic heterocycles. The van der Waals surface area contributed by atoms with E-state index in [1.54, 1.807) is 65.0 Å². The lowest BCUT2D eigenvalue weighted by Gasteiger charge is -2.35. The van der Waals surface area contributed by atoms with Gasteiger partial charge in [0.1, 0.15) is 29.3 Å². The summed E-state index contributed by atoms with van der Waals surface area (Å²) in [6.45, 7) is 8.81. The van der Waals surface area contributed by atoms with E-state index in [0.29, 0.717) is 44.2 Å². The first-order chi connectivity index (χ1) is 23.6. The summed E-state index contributed by atoms with van der Waals surface area (Å²) in [6, 6.07) is 5.63. The number of benzene rings is 1. The number of rotatable bonds is 16. The van der Waals surface area contributed by atoms with Crippen LogP contribution in [0.25, 0.3) is 0 Å². The summed E-state index contributed by atoms with van der Waals surface area (Å²) in [5.41, 5.74) is -1.85. The quantitative estimate of drug-likeness (QED) is 0.140. The third kappa shape index (κ3) is 12.3. The summed E-state index contributed by atoms with van der Waals surface area (Å²) in [5, 5.41) is 18.1. The van der Waals surface area contributed by atoms with E-state index in [9.17, 15) is 33.9 Å². The number of hydrogen-bond donors (Lipinski definition) is 4. The molecule has 4 amide bonds. The zero-order valence-electron chi connectivity index (χ0n) is 30.3. The van der Waals surface area contributed by atoms with Crippen molar-refractivity contribution in [3.05, 3.63) is 35.9 Å². The van der Waals surface area contributed by atoms with Crippen LogP contribution in [0.5, 0.6) is 0 Å². The van der Waals surface area contributed by atoms with E-state index < -0.39 is 65.0 Å². The number of likely N-dealkylation sites (tertiary alicyclic amines) is 1. The van der Waals surface area contributed by atoms with E-state index in [-0.39, 0.29) is 25.4 Å². The fourth-order valence-electron chi connectivity index (χ4n) is 6.44. The van der Waals surface area contributed by atoms with Crippen LogP contribution in [0.2, 0.25) is 0 Å². The summed E-state index contributed by atoms with van der Waals surface area (Å²) in [4.78, 5) is 79.8. The molecule has 3 rings (SSSR count). The minimum Gasteiger partial charge on any atom is -0.480 e. The minimum atomic E-state index is -1.46. The summed E-state index contributed by atoms with van der Waals surface area (Å²) < 4.78 is 10.7. The van der Waals surface area contributed by atoms with Crippen molar-refractivity contribution in [2.45, 2.75) is 141 Å². The van der Waals surface area contributed by atoms with E-state index in [1.807, 2.05) is 0 Å². The van der Waals surface area contributed by atoms with Crippen molar-refractivity contribution in [2.24, 2.45) is 5.92 Å². The van der Waals surface area contributed by atoms with Gasteiger partial charge in [-0.25, -0.2) is 14.4 Å². The number of ether oxygens (including phenoxy) is 2. The maximum absolute atomic E-state index is 14.0. The molecule has 2 aliphatic rings. The van der Waals surface area contributed by atoms with Crippen molar-refractivity contribution >= 4 is 35.8 Å². The van der Waals surface area contributed by atoms with Gasteiger partial charge in [-0.15, -0.1) is 0 Å². The standard InChI is InChI=1S/C37H56N4O9/c1-6-37(5,34(47)38-28(24-25-16-9-7-10-17-25)31(43)41-22-15-21-29(41)32(44)45)40-30(42)27(39-35(48)50-36(2,3)4)20-13-14-23-49-33(46)26-18-11-8-12-19-26/h8,11-12,18-19,25,27-29H,6-7,9-10,13-17,20-24H2,1-5H3,(H,38,47)(H,39,48)(H,40,42)(H,44,45)/t27-,28-,29+,37-/m0/s1. The third-order valence-corrected chi connectivity index (χ3v) is 9.46. The predicted octanol–water partition coefficient (Wildman–Crippen LogP) is 4.72. The maximum atomic E-state index is 14.0. The van der Waals surface area contributed by atoms with Gasteiger partial charge in [-0.1, -0.05) is 57.2 Å². The largest absolute Gasteiger partial charge is 0.480 e. The molecule has 1 saturated carbocycles. The van der Waals surface area contributed by atoms with Crippen molar-refractivity contribution < 1.29 is 43.3 Å². The van der Waals surface area contributed by atoms with Crippen LogP contribution in [-0.4, -0.2) is 88.2 Å². The van der Waals surface area contributed by atoms with Crippen LogP contribution in [0.4, 0.5) is 4.79 Å². The van der Waals surface area contributed by atoms with E-state index in [0.717, 1.165) is 32.1 Å². The molecule has 50 heavy (non-hydrogen) atoms. The first-order valence-electron chi connectivity index (χ1n) is 18.0. The van der Waals surface area contributed by atoms with E-state index >= 15 is 0 Å². The fourth-order valence-corrected chi connectivity index (χ4v) is 6.44. The van der Waals surface area contributed by atoms with Gasteiger partial charge in [-0.2, -0.15) is 0 Å². The number of aliphatic carboxylic acids is 1. The molecular weight excluding hydrogens is 644 g/mol. The van der Waals surface area contributed by atoms with Crippen LogP contribution in [0.1, 0.15) is 122 Å². The highest BCUT2D eigenvalue weighted by molar-refractivity contribution is 5.97. The molecule has 0 spiro atoms. The Morgan fingerprint density at radius 1 is 0.900 bits per heavy atom. The number of carboxylic acids is 1. The molecule has 2 fully saturated rings. The van der Waals surface area contributed by atoms with E-state index in [2.05, 4.69) is 16.0 Å². The number of carbonyl (C=O) groups is 6. The Labute approximate surface area is 295 Å². The fraction of sp³-hybridized carbons (Fsp3) is 0.676. The van der Waals surface area contributed by atoms with E-state index in [4.69, 9.17) is 9.47 Å². The number of esters is 1. The second kappa shape index (κ2) is 18.7. The van der Waals surface area contributed by atoms with Crippen molar-refractivity contribution in [1.82, 2.24) is 20.9 Å². The summed E-state index contributed by atoms with van der Waals surface area (Å²) >= 11 is 0. The van der Waals surface area contributed by atoms with Crippen LogP contribution >= 0.6 is 0 Å². The Kier molecular flexibility index (Phi) is 15.1. The highest BCUT2D eigenvalue weighted by Crippen LogP contribution is 2.29. The van der Waals surface area contributed by atoms with Gasteiger partial charge < -0.3 is 35.4 Å². The lowest BCUT2D eigenvalue weighted by atomic mass is 9.84. The zero-order chi connectivity index (χ0) is 36.9. The SMILES string of the molecule is CC[C@](C)(NC(=O)[C@H](CCCCOC(=O)c1ccccc1)NC(=O)OC(C)(C)C)C(=O)N[C@@H](CC1CCCCC1)C(=O)N1CCC[C@@H]1C(=O)O. The summed E-state index contributed by atoms with van der Waals surface area (Å²) in [5.74, 6) is -2.92. The average molecular weight is 701 g/mol. The van der Waals surface area contributed by atoms with Crippen molar-refractivity contribution in [1.29, 1.82) is 0 Å². The average Bonchev–Trinajstić information content (AvgIpc) is 3.57. The van der Waals surface area contributed by atoms with Crippen LogP contribution in [0.15, 0.2) is 30.3 Å². The molecule has 4 atom stereocenters. The molecule has 1 aromatic rings. The second-order valence-corrected chi connectivity index (χ2v) is 14.7. The van der Waals surface area contributed by atoms with Crippen molar-refractivity contribution in [2.75, 3.05) is 13.2 Å². The number of carboxylic acid groups (broad SMARTS) is 1. The number of amides is 4. The normalized spacial score (nSPS) is 19.0. The molecule has 278 valence electrons. The Bertz CT molecular complexity index is 1330. The zero-order valence-corrected chi connectivity index (χ0v) is 30.3. The third-order valence-electron chi connectivity index (χ3n) is 9.46. The van der Waals surface area contributed by atoms with Gasteiger partial charge in [-0.3, -0.25) is 14.4 Å². The predicted molar refractivity (Wildman–Crippen MR) is 186 cm³/mol. The van der Waals surface area contributed by atoms with Crippen LogP contribution in [-0.2, 0) is 28.7 Å². The first kappa shape index (κ1) is 40.3. The number of carbonyl (C=O) groups excluding carboxylic acids is 5. The Morgan fingerprint density at radius 2 is 1.58 bits per heavy atom. The highest BCUT2D eigenvalue weighted by Gasteiger charge is 2.42. The Hall–Kier alpha value is -4.16. The molecule has 1 saturated heterocycles. The highest BCUT2D eigenvalue weighted by atomic mass is 16.6. The first-order valence-corrected chi connectivity index (χ1v) is 18.0. The molecule has 0 aromatic heterocycles. The lowest BCUT2D eigenvalue weighted by molar-refractivity contribution is -0.150. The molecule has 1 heterocycles. The molecule has 0 unspecified atom stereocenters. The van der Waals surface area contributed by atoms with Gasteiger partial charge >= 0.3 is 18.0 Å². The van der Waals surface area contributed by atoms with Gasteiger partial charge in [0.15, 0.2) is 0 Å². The second-order valence-electron chi connectivity index (χ2n) is 14.7. The monoisotopic (exact) mass is 700 g/mol. The number of unbranched alkanes of at least 4 members (excludes halogenated alkanes) is 1. The van der Waals surface area contributed by atoms with Crippen LogP contribution in [0.3, 0.4) is 0 Å². The van der Waals surface area contributed by atoms with Crippen LogP contribution < -0.4 is 16.0 Å². The summed E-state index contributed by atoms with van der Waals surface area (Å²) in [6.07, 6.45) is 6.71. The van der Waals surface area contributed by atoms with Crippen molar-refractivity contribution in [3.8, 4) is 0 Å². The minimum absolute atomic E-state index is 0.111. The number of nitrogens with zero attached hydrogens (tertiary/aromatic N) is 1. The topological polar surface area (TPSA) is 180 Å².